The van der Waals surface area contributed by atoms with E-state index in [1.807, 2.05) is 29.6 Å². The van der Waals surface area contributed by atoms with Crippen LogP contribution in [0.4, 0.5) is 0 Å². The van der Waals surface area contributed by atoms with Crippen molar-refractivity contribution in [2.75, 3.05) is 7.05 Å². The second-order valence-electron chi connectivity index (χ2n) is 5.24. The van der Waals surface area contributed by atoms with Gasteiger partial charge in [0.05, 0.1) is 18.2 Å². The van der Waals surface area contributed by atoms with Gasteiger partial charge < -0.3 is 5.32 Å². The van der Waals surface area contributed by atoms with Crippen LogP contribution in [0, 0.1) is 11.3 Å². The molecule has 0 saturated carbocycles. The van der Waals surface area contributed by atoms with Gasteiger partial charge in [-0.25, -0.2) is 4.98 Å². The fourth-order valence-corrected chi connectivity index (χ4v) is 3.38. The first-order chi connectivity index (χ1) is 11.7. The van der Waals surface area contributed by atoms with Crippen LogP contribution in [-0.2, 0) is 4.79 Å². The molecule has 1 aromatic carbocycles. The molecule has 0 spiro atoms. The van der Waals surface area contributed by atoms with Gasteiger partial charge in [0.15, 0.2) is 0 Å². The molecule has 2 unspecified atom stereocenters. The quantitative estimate of drug-likeness (QED) is 0.658. The average Bonchev–Trinajstić information content (AvgIpc) is 3.12. The topological polar surface area (TPSA) is 77.8 Å². The first-order valence-electron chi connectivity index (χ1n) is 7.65. The van der Waals surface area contributed by atoms with E-state index in [1.165, 1.54) is 0 Å². The van der Waals surface area contributed by atoms with Gasteiger partial charge in [-0.1, -0.05) is 28.1 Å². The average molecular weight is 407 g/mol. The van der Waals surface area contributed by atoms with Crippen LogP contribution in [0.1, 0.15) is 35.9 Å². The van der Waals surface area contributed by atoms with Crippen LogP contribution in [0.5, 0.6) is 0 Å². The Bertz CT molecular complexity index is 682. The highest BCUT2D eigenvalue weighted by Crippen LogP contribution is 2.26. The Kier molecular flexibility index (Phi) is 7.37. The van der Waals surface area contributed by atoms with Gasteiger partial charge in [0.2, 0.25) is 5.91 Å². The SMILES string of the molecule is CNC(=O)C(CCCC#N)NC(c1ccc(Br)cc1)c1nccs1. The summed E-state index contributed by atoms with van der Waals surface area (Å²) in [7, 11) is 1.62. The van der Waals surface area contributed by atoms with Gasteiger partial charge in [0, 0.05) is 29.5 Å². The van der Waals surface area contributed by atoms with Crippen LogP contribution >= 0.6 is 27.3 Å². The number of carbonyl (C=O) groups excluding carboxylic acids is 1. The molecule has 1 amide bonds. The predicted molar refractivity (Wildman–Crippen MR) is 98.6 cm³/mol. The third kappa shape index (κ3) is 5.13. The number of nitrogens with one attached hydrogen (secondary N) is 2. The Morgan fingerprint density at radius 3 is 2.75 bits per heavy atom. The molecule has 24 heavy (non-hydrogen) atoms. The first-order valence-corrected chi connectivity index (χ1v) is 9.32. The van der Waals surface area contributed by atoms with E-state index in [-0.39, 0.29) is 18.0 Å². The lowest BCUT2D eigenvalue weighted by Gasteiger charge is -2.24. The maximum Gasteiger partial charge on any atom is 0.236 e. The standard InChI is InChI=1S/C17H19BrN4OS/c1-20-16(23)14(4-2-3-9-19)22-15(17-21-10-11-24-17)12-5-7-13(18)8-6-12/h5-8,10-11,14-15,22H,2-4H2,1H3,(H,20,23). The Balaban J connectivity index is 2.23. The number of halogens is 1. The molecular formula is C17H19BrN4OS. The number of unbranched alkanes of at least 4 members (excludes halogenated alkanes) is 1. The molecule has 2 atom stereocenters. The van der Waals surface area contributed by atoms with E-state index >= 15 is 0 Å². The van der Waals surface area contributed by atoms with Gasteiger partial charge >= 0.3 is 0 Å². The Hall–Kier alpha value is -1.75. The number of hydrogen-bond donors (Lipinski definition) is 2. The van der Waals surface area contributed by atoms with Crippen LogP contribution in [0.2, 0.25) is 0 Å². The number of amides is 1. The molecule has 5 nitrogen and oxygen atoms in total. The molecule has 0 fully saturated rings. The molecule has 0 aliphatic heterocycles. The summed E-state index contributed by atoms with van der Waals surface area (Å²) in [6.45, 7) is 0. The third-order valence-corrected chi connectivity index (χ3v) is 4.98. The third-order valence-electron chi connectivity index (χ3n) is 3.61. The minimum atomic E-state index is -0.374. The predicted octanol–water partition coefficient (Wildman–Crippen LogP) is 3.39. The smallest absolute Gasteiger partial charge is 0.236 e. The number of likely N-dealkylation sites (N-methyl/N-ethyl adjacent to an activating group) is 1. The zero-order valence-electron chi connectivity index (χ0n) is 13.3. The molecule has 7 heteroatoms. The van der Waals surface area contributed by atoms with Crippen molar-refractivity contribution in [2.45, 2.75) is 31.3 Å². The van der Waals surface area contributed by atoms with Crippen LogP contribution in [-0.4, -0.2) is 24.0 Å². The number of thiazole rings is 1. The van der Waals surface area contributed by atoms with Crippen molar-refractivity contribution >= 4 is 33.2 Å². The lowest BCUT2D eigenvalue weighted by Crippen LogP contribution is -2.44. The molecular weight excluding hydrogens is 388 g/mol. The number of hydrogen-bond acceptors (Lipinski definition) is 5. The van der Waals surface area contributed by atoms with Gasteiger partial charge in [0.1, 0.15) is 5.01 Å². The molecule has 2 N–H and O–H groups in total. The van der Waals surface area contributed by atoms with Crippen molar-refractivity contribution in [3.05, 3.63) is 50.9 Å². The van der Waals surface area contributed by atoms with Gasteiger partial charge in [-0.15, -0.1) is 11.3 Å². The fraction of sp³-hybridized carbons (Fsp3) is 0.353. The Morgan fingerprint density at radius 2 is 2.17 bits per heavy atom. The number of aromatic nitrogens is 1. The maximum absolute atomic E-state index is 12.2. The van der Waals surface area contributed by atoms with Gasteiger partial charge in [0.25, 0.3) is 0 Å². The summed E-state index contributed by atoms with van der Waals surface area (Å²) in [5.41, 5.74) is 1.04. The highest BCUT2D eigenvalue weighted by Gasteiger charge is 2.24. The summed E-state index contributed by atoms with van der Waals surface area (Å²) in [5, 5.41) is 17.7. The molecule has 0 aliphatic rings. The largest absolute Gasteiger partial charge is 0.358 e. The minimum absolute atomic E-state index is 0.0772. The molecule has 0 bridgehead atoms. The summed E-state index contributed by atoms with van der Waals surface area (Å²) < 4.78 is 1.00. The van der Waals surface area contributed by atoms with Crippen molar-refractivity contribution in [2.24, 2.45) is 0 Å². The Morgan fingerprint density at radius 1 is 1.42 bits per heavy atom. The van der Waals surface area contributed by atoms with Crippen LogP contribution < -0.4 is 10.6 Å². The normalized spacial score (nSPS) is 13.0. The molecule has 2 rings (SSSR count). The molecule has 0 aliphatic carbocycles. The number of rotatable bonds is 8. The summed E-state index contributed by atoms with van der Waals surface area (Å²) in [6.07, 6.45) is 3.48. The highest BCUT2D eigenvalue weighted by molar-refractivity contribution is 9.10. The lowest BCUT2D eigenvalue weighted by molar-refractivity contribution is -0.123. The number of benzene rings is 1. The van der Waals surface area contributed by atoms with E-state index in [1.54, 1.807) is 24.6 Å². The zero-order chi connectivity index (χ0) is 17.4. The number of nitriles is 1. The summed E-state index contributed by atoms with van der Waals surface area (Å²) in [4.78, 5) is 16.6. The van der Waals surface area contributed by atoms with Crippen LogP contribution in [0.3, 0.4) is 0 Å². The molecule has 0 saturated heterocycles. The van der Waals surface area contributed by atoms with Crippen LogP contribution in [0.15, 0.2) is 40.3 Å². The molecule has 1 heterocycles. The molecule has 1 aromatic heterocycles. The fourth-order valence-electron chi connectivity index (χ4n) is 2.39. The second-order valence-corrected chi connectivity index (χ2v) is 7.08. The van der Waals surface area contributed by atoms with Crippen molar-refractivity contribution < 1.29 is 4.79 Å². The minimum Gasteiger partial charge on any atom is -0.358 e. The first kappa shape index (κ1) is 18.6. The Labute approximate surface area is 154 Å². The molecule has 126 valence electrons. The van der Waals surface area contributed by atoms with E-state index in [9.17, 15) is 4.79 Å². The van der Waals surface area contributed by atoms with E-state index < -0.39 is 0 Å². The van der Waals surface area contributed by atoms with Gasteiger partial charge in [-0.05, 0) is 30.5 Å². The van der Waals surface area contributed by atoms with Crippen molar-refractivity contribution in [3.8, 4) is 6.07 Å². The summed E-state index contributed by atoms with van der Waals surface area (Å²) >= 11 is 4.99. The maximum atomic E-state index is 12.2. The van der Waals surface area contributed by atoms with Gasteiger partial charge in [-0.2, -0.15) is 5.26 Å². The lowest BCUT2D eigenvalue weighted by atomic mass is 10.0. The number of nitrogens with zero attached hydrogens (tertiary/aromatic N) is 2. The van der Waals surface area contributed by atoms with Gasteiger partial charge in [-0.3, -0.25) is 10.1 Å². The second kappa shape index (κ2) is 9.52. The van der Waals surface area contributed by atoms with E-state index in [4.69, 9.17) is 5.26 Å². The van der Waals surface area contributed by atoms with Crippen LogP contribution in [0.25, 0.3) is 0 Å². The van der Waals surface area contributed by atoms with E-state index in [0.29, 0.717) is 19.3 Å². The zero-order valence-corrected chi connectivity index (χ0v) is 15.7. The highest BCUT2D eigenvalue weighted by atomic mass is 79.9. The molecule has 0 radical (unpaired) electrons. The van der Waals surface area contributed by atoms with Crippen molar-refractivity contribution in [1.82, 2.24) is 15.6 Å². The summed E-state index contributed by atoms with van der Waals surface area (Å²) in [6, 6.07) is 9.56. The van der Waals surface area contributed by atoms with Crippen molar-refractivity contribution in [1.29, 1.82) is 5.26 Å². The van der Waals surface area contributed by atoms with E-state index in [2.05, 4.69) is 37.6 Å². The molecule has 2 aromatic rings. The summed E-state index contributed by atoms with van der Waals surface area (Å²) in [5.74, 6) is -0.0772. The van der Waals surface area contributed by atoms with Crippen molar-refractivity contribution in [3.63, 3.8) is 0 Å². The monoisotopic (exact) mass is 406 g/mol. The van der Waals surface area contributed by atoms with E-state index in [0.717, 1.165) is 15.0 Å². The number of carbonyl (C=O) groups is 1.